The van der Waals surface area contributed by atoms with Crippen LogP contribution >= 0.6 is 0 Å². The van der Waals surface area contributed by atoms with Gasteiger partial charge in [0, 0.05) is 31.1 Å². The molecule has 0 aliphatic carbocycles. The second-order valence-electron chi connectivity index (χ2n) is 14.4. The first-order valence-corrected chi connectivity index (χ1v) is 18.4. The Balaban J connectivity index is 3.37. The SMILES string of the molecule is C=CC[C@H](C(=O)NC/C(C)=C/C=C(\C)[C@H]1OC(=O)/C(C)=C/[C@H](C)/C=C/C(C)=C/[C@@H](C)C/C=C/C(C)=C\CC[C@H](OC)/C=C/C=C/[C@@H]1C)C(C)C. The third-order valence-electron chi connectivity index (χ3n) is 8.90. The van der Waals surface area contributed by atoms with Crippen molar-refractivity contribution in [3.63, 3.8) is 0 Å². The van der Waals surface area contributed by atoms with Gasteiger partial charge in [0.15, 0.2) is 0 Å². The molecule has 0 aromatic rings. The number of amides is 1. The van der Waals surface area contributed by atoms with Crippen LogP contribution in [0.5, 0.6) is 0 Å². The first-order chi connectivity index (χ1) is 23.7. The van der Waals surface area contributed by atoms with Gasteiger partial charge in [-0.25, -0.2) is 4.79 Å². The van der Waals surface area contributed by atoms with E-state index in [0.29, 0.717) is 24.5 Å². The predicted octanol–water partition coefficient (Wildman–Crippen LogP) is 10.9. The highest BCUT2D eigenvalue weighted by atomic mass is 16.5. The lowest BCUT2D eigenvalue weighted by Crippen LogP contribution is -2.34. The Hall–Kier alpha value is -3.70. The molecule has 0 saturated carbocycles. The van der Waals surface area contributed by atoms with Crippen molar-refractivity contribution in [3.05, 3.63) is 120 Å². The largest absolute Gasteiger partial charge is 0.454 e. The maximum atomic E-state index is 13.4. The summed E-state index contributed by atoms with van der Waals surface area (Å²) in [5.74, 6) is 0.218. The number of cyclic esters (lactones) is 1. The number of nitrogens with one attached hydrogen (secondary N) is 1. The molecule has 0 unspecified atom stereocenters. The average molecular weight is 686 g/mol. The molecule has 1 aliphatic rings. The van der Waals surface area contributed by atoms with Crippen LogP contribution in [0, 0.1) is 29.6 Å². The number of carbonyl (C=O) groups excluding carboxylic acids is 2. The van der Waals surface area contributed by atoms with E-state index in [1.807, 2.05) is 51.2 Å². The fourth-order valence-electron chi connectivity index (χ4n) is 5.70. The lowest BCUT2D eigenvalue weighted by Gasteiger charge is -2.23. The zero-order valence-electron chi connectivity index (χ0n) is 33.0. The molecule has 1 rings (SSSR count). The maximum Gasteiger partial charge on any atom is 0.334 e. The Bertz CT molecular complexity index is 1360. The summed E-state index contributed by atoms with van der Waals surface area (Å²) in [5, 5.41) is 3.07. The van der Waals surface area contributed by atoms with Crippen LogP contribution in [0.4, 0.5) is 0 Å². The molecule has 1 N–H and O–H groups in total. The lowest BCUT2D eigenvalue weighted by atomic mass is 9.91. The van der Waals surface area contributed by atoms with Crippen molar-refractivity contribution in [2.45, 2.75) is 107 Å². The number of hydrogen-bond acceptors (Lipinski definition) is 4. The van der Waals surface area contributed by atoms with E-state index in [9.17, 15) is 9.59 Å². The van der Waals surface area contributed by atoms with Crippen LogP contribution in [0.3, 0.4) is 0 Å². The molecule has 0 aromatic carbocycles. The number of ether oxygens (including phenoxy) is 2. The Kier molecular flexibility index (Phi) is 21.7. The van der Waals surface area contributed by atoms with E-state index in [2.05, 4.69) is 109 Å². The molecule has 6 atom stereocenters. The van der Waals surface area contributed by atoms with Gasteiger partial charge in [-0.1, -0.05) is 136 Å². The van der Waals surface area contributed by atoms with Gasteiger partial charge < -0.3 is 14.8 Å². The van der Waals surface area contributed by atoms with Crippen molar-refractivity contribution in [1.82, 2.24) is 5.32 Å². The fraction of sp³-hybridized carbons (Fsp3) is 0.511. The fourth-order valence-corrected chi connectivity index (χ4v) is 5.70. The number of methoxy groups -OCH3 is 1. The molecule has 5 heteroatoms. The van der Waals surface area contributed by atoms with Gasteiger partial charge in [0.2, 0.25) is 5.91 Å². The van der Waals surface area contributed by atoms with Crippen LogP contribution in [0.1, 0.15) is 94.9 Å². The average Bonchev–Trinajstić information content (AvgIpc) is 3.06. The maximum absolute atomic E-state index is 13.4. The van der Waals surface area contributed by atoms with Crippen LogP contribution in [0.15, 0.2) is 120 Å². The summed E-state index contributed by atoms with van der Waals surface area (Å²) in [5.41, 5.74) is 4.96. The summed E-state index contributed by atoms with van der Waals surface area (Å²) in [7, 11) is 1.74. The summed E-state index contributed by atoms with van der Waals surface area (Å²) in [6.45, 7) is 24.8. The highest BCUT2D eigenvalue weighted by molar-refractivity contribution is 5.88. The second kappa shape index (κ2) is 24.4. The van der Waals surface area contributed by atoms with Crippen molar-refractivity contribution in [2.24, 2.45) is 29.6 Å². The van der Waals surface area contributed by atoms with Gasteiger partial charge in [-0.2, -0.15) is 0 Å². The number of esters is 1. The van der Waals surface area contributed by atoms with Crippen LogP contribution in [-0.2, 0) is 19.1 Å². The predicted molar refractivity (Wildman–Crippen MR) is 214 cm³/mol. The number of carbonyl (C=O) groups is 2. The molecule has 276 valence electrons. The highest BCUT2D eigenvalue weighted by Crippen LogP contribution is 2.22. The van der Waals surface area contributed by atoms with Crippen LogP contribution < -0.4 is 5.32 Å². The Morgan fingerprint density at radius 2 is 1.72 bits per heavy atom. The molecular formula is C45H67NO4. The molecule has 0 bridgehead atoms. The molecule has 0 aromatic heterocycles. The molecule has 0 radical (unpaired) electrons. The number of hydrogen-bond donors (Lipinski definition) is 1. The molecule has 1 aliphatic heterocycles. The molecule has 1 amide bonds. The Morgan fingerprint density at radius 3 is 2.38 bits per heavy atom. The standard InChI is InChI=1S/C45H67NO4/c1-13-18-42(32(2)3)44(47)46-31-37(8)27-28-39(10)43-38(9)22-14-15-23-41(49-12)24-17-20-33(4)19-16-21-34(5)29-35(6)25-26-36(7)30-40(11)45(48)50-43/h13-16,19-20,22-23,25-30,32,34,36,38,41-43H,1,17-18,21,24,31H2,2-12H3,(H,46,47)/b19-16+,22-14+,23-15+,26-25+,33-20-,35-29+,37-27+,39-28+,40-30+/t34-,36+,38-,41+,42-,43-/m0/s1. The molecule has 0 fully saturated rings. The molecular weight excluding hydrogens is 618 g/mol. The number of rotatable bonds is 9. The zero-order chi connectivity index (χ0) is 37.6. The minimum absolute atomic E-state index is 0.000873. The summed E-state index contributed by atoms with van der Waals surface area (Å²) >= 11 is 0. The van der Waals surface area contributed by atoms with E-state index in [1.54, 1.807) is 13.2 Å². The molecule has 50 heavy (non-hydrogen) atoms. The van der Waals surface area contributed by atoms with Gasteiger partial charge in [-0.3, -0.25) is 4.79 Å². The third kappa shape index (κ3) is 18.3. The van der Waals surface area contributed by atoms with E-state index in [4.69, 9.17) is 9.47 Å². The van der Waals surface area contributed by atoms with Crippen molar-refractivity contribution in [2.75, 3.05) is 13.7 Å². The van der Waals surface area contributed by atoms with Gasteiger partial charge in [0.1, 0.15) is 6.10 Å². The normalized spacial score (nSPS) is 30.5. The summed E-state index contributed by atoms with van der Waals surface area (Å²) in [4.78, 5) is 26.2. The molecule has 5 nitrogen and oxygen atoms in total. The van der Waals surface area contributed by atoms with Crippen LogP contribution in [-0.4, -0.2) is 37.7 Å². The van der Waals surface area contributed by atoms with E-state index >= 15 is 0 Å². The highest BCUT2D eigenvalue weighted by Gasteiger charge is 2.23. The molecule has 0 saturated heterocycles. The van der Waals surface area contributed by atoms with Gasteiger partial charge >= 0.3 is 5.97 Å². The Morgan fingerprint density at radius 1 is 1.02 bits per heavy atom. The topological polar surface area (TPSA) is 64.6 Å². The third-order valence-corrected chi connectivity index (χ3v) is 8.90. The van der Waals surface area contributed by atoms with Gasteiger partial charge in [-0.05, 0) is 83.6 Å². The summed E-state index contributed by atoms with van der Waals surface area (Å²) < 4.78 is 11.9. The minimum atomic E-state index is -0.477. The van der Waals surface area contributed by atoms with E-state index in [0.717, 1.165) is 30.4 Å². The van der Waals surface area contributed by atoms with Crippen LogP contribution in [0.25, 0.3) is 0 Å². The van der Waals surface area contributed by atoms with Crippen molar-refractivity contribution in [1.29, 1.82) is 0 Å². The smallest absolute Gasteiger partial charge is 0.334 e. The first-order valence-electron chi connectivity index (χ1n) is 18.4. The van der Waals surface area contributed by atoms with E-state index in [-0.39, 0.29) is 41.7 Å². The molecule has 1 heterocycles. The zero-order valence-corrected chi connectivity index (χ0v) is 33.0. The number of allylic oxidation sites excluding steroid dienone is 14. The van der Waals surface area contributed by atoms with E-state index in [1.165, 1.54) is 11.1 Å². The molecule has 0 spiro atoms. The van der Waals surface area contributed by atoms with Gasteiger partial charge in [-0.15, -0.1) is 6.58 Å². The summed E-state index contributed by atoms with van der Waals surface area (Å²) in [6.07, 6.45) is 32.1. The monoisotopic (exact) mass is 686 g/mol. The van der Waals surface area contributed by atoms with Crippen molar-refractivity contribution < 1.29 is 19.1 Å². The summed E-state index contributed by atoms with van der Waals surface area (Å²) in [6, 6.07) is 0. The minimum Gasteiger partial charge on any atom is -0.454 e. The first kappa shape index (κ1) is 44.3. The van der Waals surface area contributed by atoms with E-state index < -0.39 is 6.10 Å². The lowest BCUT2D eigenvalue weighted by molar-refractivity contribution is -0.144. The quantitative estimate of drug-likeness (QED) is 0.149. The van der Waals surface area contributed by atoms with Gasteiger partial charge in [0.25, 0.3) is 0 Å². The van der Waals surface area contributed by atoms with Crippen molar-refractivity contribution in [3.8, 4) is 0 Å². The second-order valence-corrected chi connectivity index (χ2v) is 14.4. The Labute approximate surface area is 305 Å². The van der Waals surface area contributed by atoms with Crippen molar-refractivity contribution >= 4 is 11.9 Å². The van der Waals surface area contributed by atoms with Gasteiger partial charge in [0.05, 0.1) is 6.10 Å². The van der Waals surface area contributed by atoms with Crippen LogP contribution in [0.2, 0.25) is 0 Å².